The van der Waals surface area contributed by atoms with E-state index < -0.39 is 5.82 Å². The molecule has 1 heterocycles. The molecule has 2 N–H and O–H groups in total. The molecule has 4 heteroatoms. The van der Waals surface area contributed by atoms with Crippen LogP contribution in [0.3, 0.4) is 0 Å². The van der Waals surface area contributed by atoms with Crippen LogP contribution in [0.25, 0.3) is 0 Å². The number of rotatable bonds is 1. The first-order valence-electron chi connectivity index (χ1n) is 7.44. The van der Waals surface area contributed by atoms with Gasteiger partial charge in [0.2, 0.25) is 0 Å². The molecule has 1 amide bonds. The molecule has 2 unspecified atom stereocenters. The second-order valence-corrected chi connectivity index (χ2v) is 6.07. The number of hydrogen-bond donors (Lipinski definition) is 1. The number of nitrogen functional groups attached to an aromatic ring is 1. The first kappa shape index (κ1) is 13.4. The molecule has 0 radical (unpaired) electrons. The lowest BCUT2D eigenvalue weighted by Gasteiger charge is -2.31. The number of hydrogen-bond acceptors (Lipinski definition) is 2. The Hall–Kier alpha value is -1.58. The molecule has 2 fully saturated rings. The Bertz CT molecular complexity index is 520. The minimum atomic E-state index is -0.396. The lowest BCUT2D eigenvalue weighted by Crippen LogP contribution is -2.39. The van der Waals surface area contributed by atoms with Crippen molar-refractivity contribution in [1.29, 1.82) is 0 Å². The van der Waals surface area contributed by atoms with E-state index in [4.69, 9.17) is 5.73 Å². The normalized spacial score (nSPS) is 25.6. The van der Waals surface area contributed by atoms with Crippen LogP contribution in [0.15, 0.2) is 12.1 Å². The standard InChI is InChI=1S/C16H21FN2O/c1-10-13(17)8-12(9-14(10)18)16(20)19-7-6-11-4-2-3-5-15(11)19/h8-9,11,15H,2-7,18H2,1H3. The predicted octanol–water partition coefficient (Wildman–Crippen LogP) is 3.12. The van der Waals surface area contributed by atoms with Gasteiger partial charge in [-0.25, -0.2) is 4.39 Å². The Morgan fingerprint density at radius 1 is 1.30 bits per heavy atom. The highest BCUT2D eigenvalue weighted by Crippen LogP contribution is 2.37. The number of amides is 1. The van der Waals surface area contributed by atoms with Crippen LogP contribution >= 0.6 is 0 Å². The fourth-order valence-corrected chi connectivity index (χ4v) is 3.65. The van der Waals surface area contributed by atoms with Crippen LogP contribution in [0.2, 0.25) is 0 Å². The second kappa shape index (κ2) is 5.08. The van der Waals surface area contributed by atoms with E-state index >= 15 is 0 Å². The summed E-state index contributed by atoms with van der Waals surface area (Å²) in [5, 5.41) is 0. The maximum absolute atomic E-state index is 13.8. The molecule has 3 nitrogen and oxygen atoms in total. The lowest BCUT2D eigenvalue weighted by molar-refractivity contribution is 0.0689. The number of anilines is 1. The van der Waals surface area contributed by atoms with E-state index in [1.807, 2.05) is 4.90 Å². The SMILES string of the molecule is Cc1c(N)cc(C(=O)N2CCC3CCCCC32)cc1F. The summed E-state index contributed by atoms with van der Waals surface area (Å²) in [6.45, 7) is 2.43. The zero-order valence-electron chi connectivity index (χ0n) is 11.9. The Morgan fingerprint density at radius 2 is 2.05 bits per heavy atom. The van der Waals surface area contributed by atoms with Crippen LogP contribution in [-0.2, 0) is 0 Å². The number of carbonyl (C=O) groups excluding carboxylic acids is 1. The van der Waals surface area contributed by atoms with E-state index in [9.17, 15) is 9.18 Å². The van der Waals surface area contributed by atoms with Crippen LogP contribution in [0.1, 0.15) is 48.0 Å². The van der Waals surface area contributed by atoms with Gasteiger partial charge in [0, 0.05) is 29.4 Å². The Labute approximate surface area is 118 Å². The summed E-state index contributed by atoms with van der Waals surface area (Å²) >= 11 is 0. The maximum Gasteiger partial charge on any atom is 0.254 e. The Balaban J connectivity index is 1.86. The van der Waals surface area contributed by atoms with Crippen molar-refractivity contribution >= 4 is 11.6 Å². The quantitative estimate of drug-likeness (QED) is 0.801. The molecule has 0 spiro atoms. The number of likely N-dealkylation sites (tertiary alicyclic amines) is 1. The minimum Gasteiger partial charge on any atom is -0.398 e. The van der Waals surface area contributed by atoms with Crippen molar-refractivity contribution in [3.63, 3.8) is 0 Å². The van der Waals surface area contributed by atoms with Gasteiger partial charge in [0.1, 0.15) is 5.82 Å². The number of fused-ring (bicyclic) bond motifs is 1. The van der Waals surface area contributed by atoms with Gasteiger partial charge in [0.05, 0.1) is 0 Å². The molecular weight excluding hydrogens is 255 g/mol. The van der Waals surface area contributed by atoms with Gasteiger partial charge in [-0.2, -0.15) is 0 Å². The van der Waals surface area contributed by atoms with Gasteiger partial charge >= 0.3 is 0 Å². The molecule has 1 saturated carbocycles. The highest BCUT2D eigenvalue weighted by Gasteiger charge is 2.38. The average Bonchev–Trinajstić information content (AvgIpc) is 2.87. The predicted molar refractivity (Wildman–Crippen MR) is 76.9 cm³/mol. The summed E-state index contributed by atoms with van der Waals surface area (Å²) in [7, 11) is 0. The van der Waals surface area contributed by atoms with Crippen molar-refractivity contribution < 1.29 is 9.18 Å². The number of nitrogens with two attached hydrogens (primary N) is 1. The topological polar surface area (TPSA) is 46.3 Å². The first-order valence-corrected chi connectivity index (χ1v) is 7.44. The van der Waals surface area contributed by atoms with Gasteiger partial charge in [0.15, 0.2) is 0 Å². The molecule has 1 aromatic rings. The van der Waals surface area contributed by atoms with Crippen LogP contribution in [0, 0.1) is 18.7 Å². The molecule has 108 valence electrons. The van der Waals surface area contributed by atoms with Crippen molar-refractivity contribution in [3.05, 3.63) is 29.1 Å². The van der Waals surface area contributed by atoms with Crippen LogP contribution in [0.4, 0.5) is 10.1 Å². The Kier molecular flexibility index (Phi) is 3.40. The summed E-state index contributed by atoms with van der Waals surface area (Å²) in [4.78, 5) is 14.6. The van der Waals surface area contributed by atoms with Crippen molar-refractivity contribution in [3.8, 4) is 0 Å². The highest BCUT2D eigenvalue weighted by atomic mass is 19.1. The number of carbonyl (C=O) groups is 1. The third kappa shape index (κ3) is 2.17. The average molecular weight is 276 g/mol. The molecule has 1 aliphatic heterocycles. The summed E-state index contributed by atoms with van der Waals surface area (Å²) in [5.41, 5.74) is 6.93. The van der Waals surface area contributed by atoms with E-state index in [0.29, 0.717) is 28.8 Å². The second-order valence-electron chi connectivity index (χ2n) is 6.07. The van der Waals surface area contributed by atoms with Gasteiger partial charge in [-0.3, -0.25) is 4.79 Å². The van der Waals surface area contributed by atoms with Gasteiger partial charge in [0.25, 0.3) is 5.91 Å². The zero-order valence-corrected chi connectivity index (χ0v) is 11.9. The molecule has 20 heavy (non-hydrogen) atoms. The molecule has 2 atom stereocenters. The van der Waals surface area contributed by atoms with E-state index in [-0.39, 0.29) is 5.91 Å². The summed E-state index contributed by atoms with van der Waals surface area (Å²) in [6.07, 6.45) is 5.85. The molecule has 0 bridgehead atoms. The van der Waals surface area contributed by atoms with E-state index in [1.165, 1.54) is 25.3 Å². The molecule has 0 aromatic heterocycles. The molecule has 1 aromatic carbocycles. The maximum atomic E-state index is 13.8. The number of halogens is 1. The van der Waals surface area contributed by atoms with Crippen molar-refractivity contribution in [2.45, 2.75) is 45.1 Å². The summed E-state index contributed by atoms with van der Waals surface area (Å²) in [5.74, 6) is 0.179. The lowest BCUT2D eigenvalue weighted by atomic mass is 9.85. The number of benzene rings is 1. The van der Waals surface area contributed by atoms with Crippen molar-refractivity contribution in [1.82, 2.24) is 4.90 Å². The fraction of sp³-hybridized carbons (Fsp3) is 0.562. The molecule has 1 saturated heterocycles. The summed E-state index contributed by atoms with van der Waals surface area (Å²) < 4.78 is 13.8. The molecular formula is C16H21FN2O. The van der Waals surface area contributed by atoms with Gasteiger partial charge < -0.3 is 10.6 Å². The van der Waals surface area contributed by atoms with Gasteiger partial charge in [-0.05, 0) is 44.2 Å². The molecule has 3 rings (SSSR count). The largest absolute Gasteiger partial charge is 0.398 e. The van der Waals surface area contributed by atoms with E-state index in [0.717, 1.165) is 19.4 Å². The zero-order chi connectivity index (χ0) is 14.3. The highest BCUT2D eigenvalue weighted by molar-refractivity contribution is 5.95. The van der Waals surface area contributed by atoms with Crippen LogP contribution in [0.5, 0.6) is 0 Å². The van der Waals surface area contributed by atoms with Crippen LogP contribution in [-0.4, -0.2) is 23.4 Å². The van der Waals surface area contributed by atoms with Gasteiger partial charge in [-0.15, -0.1) is 0 Å². The minimum absolute atomic E-state index is 0.0648. The Morgan fingerprint density at radius 3 is 2.80 bits per heavy atom. The van der Waals surface area contributed by atoms with E-state index in [1.54, 1.807) is 13.0 Å². The van der Waals surface area contributed by atoms with E-state index in [2.05, 4.69) is 0 Å². The third-order valence-electron chi connectivity index (χ3n) is 4.90. The molecule has 2 aliphatic rings. The molecule has 1 aliphatic carbocycles. The monoisotopic (exact) mass is 276 g/mol. The number of nitrogens with zero attached hydrogens (tertiary/aromatic N) is 1. The first-order chi connectivity index (χ1) is 9.58. The van der Waals surface area contributed by atoms with Crippen LogP contribution < -0.4 is 5.73 Å². The fourth-order valence-electron chi connectivity index (χ4n) is 3.65. The van der Waals surface area contributed by atoms with Gasteiger partial charge in [-0.1, -0.05) is 12.8 Å². The van der Waals surface area contributed by atoms with Crippen molar-refractivity contribution in [2.24, 2.45) is 5.92 Å². The smallest absolute Gasteiger partial charge is 0.254 e. The van der Waals surface area contributed by atoms with Crippen molar-refractivity contribution in [2.75, 3.05) is 12.3 Å². The third-order valence-corrected chi connectivity index (χ3v) is 4.90. The summed E-state index contributed by atoms with van der Waals surface area (Å²) in [6, 6.07) is 3.28.